The second kappa shape index (κ2) is 12.5. The van der Waals surface area contributed by atoms with E-state index in [1.165, 1.54) is 12.8 Å². The van der Waals surface area contributed by atoms with E-state index >= 15 is 0 Å². The van der Waals surface area contributed by atoms with Crippen LogP contribution in [0.15, 0.2) is 48.5 Å². The largest absolute Gasteiger partial charge is 0.494 e. The summed E-state index contributed by atoms with van der Waals surface area (Å²) in [5.41, 5.74) is 6.26. The number of hydrazine groups is 1. The maximum absolute atomic E-state index is 12.4. The molecule has 0 saturated carbocycles. The van der Waals surface area contributed by atoms with Crippen molar-refractivity contribution in [3.8, 4) is 11.5 Å². The summed E-state index contributed by atoms with van der Waals surface area (Å²) in [6.07, 6.45) is 4.35. The Kier molecular flexibility index (Phi) is 9.71. The molecule has 1 unspecified atom stereocenters. The number of carbonyl (C=O) groups excluding carboxylic acids is 2. The number of hydrogen-bond acceptors (Lipinski definition) is 4. The molecule has 30 heavy (non-hydrogen) atoms. The summed E-state index contributed by atoms with van der Waals surface area (Å²) in [6, 6.07) is 14.4. The number of carbonyl (C=O) groups is 2. The second-order valence-electron chi connectivity index (χ2n) is 7.16. The van der Waals surface area contributed by atoms with Crippen molar-refractivity contribution in [2.45, 2.75) is 59.0 Å². The van der Waals surface area contributed by atoms with Gasteiger partial charge in [-0.15, -0.1) is 0 Å². The highest BCUT2D eigenvalue weighted by molar-refractivity contribution is 5.95. The van der Waals surface area contributed by atoms with E-state index in [0.717, 1.165) is 24.2 Å². The molecule has 0 aliphatic carbocycles. The summed E-state index contributed by atoms with van der Waals surface area (Å²) in [5, 5.41) is 0. The third-order valence-corrected chi connectivity index (χ3v) is 4.71. The number of amides is 2. The van der Waals surface area contributed by atoms with Crippen molar-refractivity contribution in [3.63, 3.8) is 0 Å². The Morgan fingerprint density at radius 3 is 2.33 bits per heavy atom. The van der Waals surface area contributed by atoms with Crippen LogP contribution in [0.1, 0.15) is 61.9 Å². The summed E-state index contributed by atoms with van der Waals surface area (Å²) in [5.74, 6) is 0.575. The normalized spacial score (nSPS) is 11.4. The average molecular weight is 413 g/mol. The summed E-state index contributed by atoms with van der Waals surface area (Å²) in [4.78, 5) is 24.7. The van der Waals surface area contributed by atoms with Gasteiger partial charge in [0.05, 0.1) is 6.61 Å². The van der Waals surface area contributed by atoms with Gasteiger partial charge in [0, 0.05) is 5.56 Å². The minimum absolute atomic E-state index is 0.399. The Bertz CT molecular complexity index is 805. The van der Waals surface area contributed by atoms with Crippen molar-refractivity contribution in [1.82, 2.24) is 10.9 Å². The molecular weight excluding hydrogens is 380 g/mol. The van der Waals surface area contributed by atoms with Crippen LogP contribution in [0.3, 0.4) is 0 Å². The van der Waals surface area contributed by atoms with Crippen molar-refractivity contribution in [3.05, 3.63) is 59.7 Å². The van der Waals surface area contributed by atoms with E-state index in [-0.39, 0.29) is 0 Å². The molecule has 0 fully saturated rings. The topological polar surface area (TPSA) is 76.7 Å². The van der Waals surface area contributed by atoms with Crippen LogP contribution in [0.5, 0.6) is 11.5 Å². The molecule has 0 bridgehead atoms. The third kappa shape index (κ3) is 7.43. The van der Waals surface area contributed by atoms with Crippen LogP contribution < -0.4 is 20.3 Å². The number of ether oxygens (including phenoxy) is 2. The molecule has 2 aromatic carbocycles. The Labute approximate surface area is 178 Å². The minimum atomic E-state index is -0.699. The highest BCUT2D eigenvalue weighted by atomic mass is 16.5. The van der Waals surface area contributed by atoms with E-state index in [2.05, 4.69) is 17.8 Å². The second-order valence-corrected chi connectivity index (χ2v) is 7.16. The summed E-state index contributed by atoms with van der Waals surface area (Å²) in [7, 11) is 0. The van der Waals surface area contributed by atoms with E-state index in [1.807, 2.05) is 38.1 Å². The highest BCUT2D eigenvalue weighted by Crippen LogP contribution is 2.19. The van der Waals surface area contributed by atoms with Gasteiger partial charge in [0.25, 0.3) is 11.8 Å². The van der Waals surface area contributed by atoms with Crippen molar-refractivity contribution >= 4 is 11.8 Å². The van der Waals surface area contributed by atoms with Crippen LogP contribution in [-0.2, 0) is 4.79 Å². The zero-order valence-corrected chi connectivity index (χ0v) is 18.1. The Hall–Kier alpha value is -3.02. The molecule has 1 atom stereocenters. The summed E-state index contributed by atoms with van der Waals surface area (Å²) >= 11 is 0. The lowest BCUT2D eigenvalue weighted by Crippen LogP contribution is -2.48. The standard InChI is InChI=1S/C24H32N2O4/c1-4-6-7-10-17-29-20-15-13-19(14-16-20)23(27)25-26-24(28)21(5-2)30-22-12-9-8-11-18(22)3/h8-9,11-16,21H,4-7,10,17H2,1-3H3,(H,25,27)(H,26,28). The predicted molar refractivity (Wildman–Crippen MR) is 118 cm³/mol. The third-order valence-electron chi connectivity index (χ3n) is 4.71. The van der Waals surface area contributed by atoms with Crippen LogP contribution in [0.25, 0.3) is 0 Å². The first-order valence-electron chi connectivity index (χ1n) is 10.6. The minimum Gasteiger partial charge on any atom is -0.494 e. The molecule has 6 nitrogen and oxygen atoms in total. The van der Waals surface area contributed by atoms with Gasteiger partial charge in [-0.3, -0.25) is 20.4 Å². The maximum atomic E-state index is 12.4. The van der Waals surface area contributed by atoms with Gasteiger partial charge in [-0.1, -0.05) is 51.3 Å². The molecule has 162 valence electrons. The van der Waals surface area contributed by atoms with E-state index < -0.39 is 17.9 Å². The van der Waals surface area contributed by atoms with Crippen LogP contribution >= 0.6 is 0 Å². The molecule has 2 amide bonds. The van der Waals surface area contributed by atoms with Gasteiger partial charge in [0.1, 0.15) is 11.5 Å². The molecule has 0 spiro atoms. The molecule has 0 radical (unpaired) electrons. The molecule has 0 aliphatic heterocycles. The number of aryl methyl sites for hydroxylation is 1. The van der Waals surface area contributed by atoms with Gasteiger partial charge in [-0.2, -0.15) is 0 Å². The molecule has 0 aliphatic rings. The van der Waals surface area contributed by atoms with Crippen molar-refractivity contribution in [2.75, 3.05) is 6.61 Å². The van der Waals surface area contributed by atoms with Crippen molar-refractivity contribution in [2.24, 2.45) is 0 Å². The number of para-hydroxylation sites is 1. The van der Waals surface area contributed by atoms with Gasteiger partial charge >= 0.3 is 0 Å². The monoisotopic (exact) mass is 412 g/mol. The van der Waals surface area contributed by atoms with Crippen LogP contribution in [0, 0.1) is 6.92 Å². The molecule has 2 N–H and O–H groups in total. The molecule has 0 saturated heterocycles. The lowest BCUT2D eigenvalue weighted by Gasteiger charge is -2.18. The van der Waals surface area contributed by atoms with E-state index in [1.54, 1.807) is 24.3 Å². The first kappa shape index (κ1) is 23.3. The number of unbranched alkanes of at least 4 members (excludes halogenated alkanes) is 3. The van der Waals surface area contributed by atoms with Gasteiger partial charge in [0.2, 0.25) is 0 Å². The average Bonchev–Trinajstić information content (AvgIpc) is 2.77. The van der Waals surface area contributed by atoms with E-state index in [4.69, 9.17) is 9.47 Å². The van der Waals surface area contributed by atoms with Crippen LogP contribution in [0.2, 0.25) is 0 Å². The SMILES string of the molecule is CCCCCCOc1ccc(C(=O)NNC(=O)C(CC)Oc2ccccc2C)cc1. The fourth-order valence-corrected chi connectivity index (χ4v) is 2.86. The number of benzene rings is 2. The van der Waals surface area contributed by atoms with Crippen molar-refractivity contribution < 1.29 is 19.1 Å². The summed E-state index contributed by atoms with van der Waals surface area (Å²) in [6.45, 7) is 6.61. The number of hydrogen-bond donors (Lipinski definition) is 2. The molecule has 6 heteroatoms. The van der Waals surface area contributed by atoms with Gasteiger partial charge in [0.15, 0.2) is 6.10 Å². The molecule has 0 aromatic heterocycles. The van der Waals surface area contributed by atoms with E-state index in [0.29, 0.717) is 24.3 Å². The quantitative estimate of drug-likeness (QED) is 0.419. The Morgan fingerprint density at radius 1 is 0.933 bits per heavy atom. The maximum Gasteiger partial charge on any atom is 0.279 e. The van der Waals surface area contributed by atoms with Crippen LogP contribution in [-0.4, -0.2) is 24.5 Å². The lowest BCUT2D eigenvalue weighted by atomic mass is 10.2. The Balaban J connectivity index is 1.80. The smallest absolute Gasteiger partial charge is 0.279 e. The van der Waals surface area contributed by atoms with Gasteiger partial charge < -0.3 is 9.47 Å². The lowest BCUT2D eigenvalue weighted by molar-refractivity contribution is -0.128. The fourth-order valence-electron chi connectivity index (χ4n) is 2.86. The Morgan fingerprint density at radius 2 is 1.67 bits per heavy atom. The predicted octanol–water partition coefficient (Wildman–Crippen LogP) is 4.57. The van der Waals surface area contributed by atoms with E-state index in [9.17, 15) is 9.59 Å². The first-order valence-corrected chi connectivity index (χ1v) is 10.6. The van der Waals surface area contributed by atoms with Crippen LogP contribution in [0.4, 0.5) is 0 Å². The van der Waals surface area contributed by atoms with Gasteiger partial charge in [-0.05, 0) is 55.7 Å². The number of rotatable bonds is 11. The molecule has 0 heterocycles. The molecular formula is C24H32N2O4. The molecule has 2 rings (SSSR count). The summed E-state index contributed by atoms with van der Waals surface area (Å²) < 4.78 is 11.5. The van der Waals surface area contributed by atoms with Crippen molar-refractivity contribution in [1.29, 1.82) is 0 Å². The molecule has 2 aromatic rings. The zero-order valence-electron chi connectivity index (χ0n) is 18.1. The van der Waals surface area contributed by atoms with Gasteiger partial charge in [-0.25, -0.2) is 0 Å². The first-order chi connectivity index (χ1) is 14.5. The number of nitrogens with one attached hydrogen (secondary N) is 2. The zero-order chi connectivity index (χ0) is 21.8. The highest BCUT2D eigenvalue weighted by Gasteiger charge is 2.20. The fraction of sp³-hybridized carbons (Fsp3) is 0.417.